The fourth-order valence-corrected chi connectivity index (χ4v) is 4.21. The standard InChI is InChI=1S/C23H19F6NO3/c24-22(25,26)14-7-13(8-15(9-14)23(27,28)29)12-33-20-5-4-19-17(18(20)11-21(31)32)10-16-3-1-2-6-30(16)19/h4-5,7-10H,1-3,6,11-12H2,(H,31,32). The maximum Gasteiger partial charge on any atom is 0.416 e. The number of carboxylic acids is 1. The number of carboxylic acid groups (broad SMARTS) is 1. The van der Waals surface area contributed by atoms with E-state index in [1.807, 2.05) is 6.07 Å². The van der Waals surface area contributed by atoms with Crippen molar-refractivity contribution in [2.24, 2.45) is 0 Å². The molecule has 0 unspecified atom stereocenters. The number of aliphatic carboxylic acids is 1. The summed E-state index contributed by atoms with van der Waals surface area (Å²) in [6.07, 6.45) is -7.50. The lowest BCUT2D eigenvalue weighted by atomic mass is 10.0. The van der Waals surface area contributed by atoms with Gasteiger partial charge in [0, 0.05) is 28.7 Å². The minimum atomic E-state index is -4.96. The molecule has 4 nitrogen and oxygen atoms in total. The summed E-state index contributed by atoms with van der Waals surface area (Å²) in [5.74, 6) is -1.02. The Kier molecular flexibility index (Phi) is 5.79. The molecule has 0 amide bonds. The predicted octanol–water partition coefficient (Wildman–Crippen LogP) is 6.22. The molecule has 1 aromatic heterocycles. The number of aromatic nitrogens is 1. The van der Waals surface area contributed by atoms with Crippen LogP contribution in [0.25, 0.3) is 10.9 Å². The van der Waals surface area contributed by atoms with Gasteiger partial charge in [-0.05, 0) is 61.2 Å². The first-order valence-corrected chi connectivity index (χ1v) is 10.2. The van der Waals surface area contributed by atoms with Crippen LogP contribution in [0.5, 0.6) is 5.75 Å². The monoisotopic (exact) mass is 471 g/mol. The van der Waals surface area contributed by atoms with Crippen molar-refractivity contribution in [3.63, 3.8) is 0 Å². The molecule has 0 saturated carbocycles. The van der Waals surface area contributed by atoms with E-state index in [4.69, 9.17) is 4.74 Å². The summed E-state index contributed by atoms with van der Waals surface area (Å²) in [5, 5.41) is 10.0. The zero-order valence-corrected chi connectivity index (χ0v) is 17.2. The molecular weight excluding hydrogens is 452 g/mol. The van der Waals surface area contributed by atoms with Crippen molar-refractivity contribution < 1.29 is 41.0 Å². The first-order chi connectivity index (χ1) is 15.4. The predicted molar refractivity (Wildman–Crippen MR) is 107 cm³/mol. The van der Waals surface area contributed by atoms with Gasteiger partial charge in [0.1, 0.15) is 12.4 Å². The molecule has 2 aromatic carbocycles. The van der Waals surface area contributed by atoms with E-state index < -0.39 is 42.5 Å². The van der Waals surface area contributed by atoms with Crippen LogP contribution < -0.4 is 4.74 Å². The number of benzene rings is 2. The van der Waals surface area contributed by atoms with Gasteiger partial charge in [0.15, 0.2) is 0 Å². The summed E-state index contributed by atoms with van der Waals surface area (Å²) in [5.41, 5.74) is -0.978. The lowest BCUT2D eigenvalue weighted by Crippen LogP contribution is -2.13. The van der Waals surface area contributed by atoms with Gasteiger partial charge in [-0.15, -0.1) is 0 Å². The average molecular weight is 471 g/mol. The number of hydrogen-bond acceptors (Lipinski definition) is 2. The Morgan fingerprint density at radius 2 is 1.64 bits per heavy atom. The third kappa shape index (κ3) is 4.79. The van der Waals surface area contributed by atoms with Gasteiger partial charge in [-0.3, -0.25) is 4.79 Å². The van der Waals surface area contributed by atoms with Crippen molar-refractivity contribution >= 4 is 16.9 Å². The Morgan fingerprint density at radius 3 is 2.24 bits per heavy atom. The zero-order valence-electron chi connectivity index (χ0n) is 17.2. The number of ether oxygens (including phenoxy) is 1. The summed E-state index contributed by atoms with van der Waals surface area (Å²) < 4.78 is 86.4. The molecule has 3 aromatic rings. The van der Waals surface area contributed by atoms with Crippen molar-refractivity contribution in [1.82, 2.24) is 4.57 Å². The normalized spacial score (nSPS) is 14.4. The van der Waals surface area contributed by atoms with Gasteiger partial charge in [0.2, 0.25) is 0 Å². The lowest BCUT2D eigenvalue weighted by molar-refractivity contribution is -0.143. The van der Waals surface area contributed by atoms with Crippen LogP contribution in [0, 0.1) is 0 Å². The van der Waals surface area contributed by atoms with E-state index in [1.165, 1.54) is 6.07 Å². The first-order valence-electron chi connectivity index (χ1n) is 10.2. The lowest BCUT2D eigenvalue weighted by Gasteiger charge is -2.17. The molecule has 1 aliphatic rings. The van der Waals surface area contributed by atoms with E-state index in [1.54, 1.807) is 6.07 Å². The van der Waals surface area contributed by atoms with E-state index >= 15 is 0 Å². The van der Waals surface area contributed by atoms with Crippen molar-refractivity contribution in [1.29, 1.82) is 0 Å². The fourth-order valence-electron chi connectivity index (χ4n) is 4.21. The zero-order chi connectivity index (χ0) is 24.0. The third-order valence-electron chi connectivity index (χ3n) is 5.67. The molecule has 1 aliphatic heterocycles. The molecule has 2 heterocycles. The van der Waals surface area contributed by atoms with Gasteiger partial charge in [0.05, 0.1) is 17.5 Å². The highest BCUT2D eigenvalue weighted by molar-refractivity contribution is 5.90. The number of aryl methyl sites for hydroxylation is 2. The van der Waals surface area contributed by atoms with Crippen LogP contribution in [0.4, 0.5) is 26.3 Å². The van der Waals surface area contributed by atoms with Crippen molar-refractivity contribution in [3.8, 4) is 5.75 Å². The second kappa shape index (κ2) is 8.31. The molecule has 4 rings (SSSR count). The molecule has 0 spiro atoms. The smallest absolute Gasteiger partial charge is 0.416 e. The summed E-state index contributed by atoms with van der Waals surface area (Å²) >= 11 is 0. The minimum absolute atomic E-state index is 0.0527. The third-order valence-corrected chi connectivity index (χ3v) is 5.67. The Morgan fingerprint density at radius 1 is 0.970 bits per heavy atom. The second-order valence-corrected chi connectivity index (χ2v) is 7.99. The van der Waals surface area contributed by atoms with Crippen molar-refractivity contribution in [2.75, 3.05) is 0 Å². The number of halogens is 6. The molecule has 10 heteroatoms. The molecule has 0 atom stereocenters. The van der Waals surface area contributed by atoms with Crippen LogP contribution in [0.3, 0.4) is 0 Å². The number of rotatable bonds is 5. The number of fused-ring (bicyclic) bond motifs is 3. The SMILES string of the molecule is O=C(O)Cc1c(OCc2cc(C(F)(F)F)cc(C(F)(F)F)c2)ccc2c1cc1n2CCCC1. The Labute approximate surface area is 184 Å². The molecule has 1 N–H and O–H groups in total. The van der Waals surface area contributed by atoms with Crippen LogP contribution in [-0.4, -0.2) is 15.6 Å². The topological polar surface area (TPSA) is 51.5 Å². The largest absolute Gasteiger partial charge is 0.489 e. The van der Waals surface area contributed by atoms with Crippen LogP contribution in [0.15, 0.2) is 36.4 Å². The van der Waals surface area contributed by atoms with Gasteiger partial charge in [-0.1, -0.05) is 0 Å². The van der Waals surface area contributed by atoms with Crippen LogP contribution in [0.2, 0.25) is 0 Å². The van der Waals surface area contributed by atoms with E-state index in [9.17, 15) is 36.2 Å². The van der Waals surface area contributed by atoms with Gasteiger partial charge < -0.3 is 14.4 Å². The highest BCUT2D eigenvalue weighted by atomic mass is 19.4. The Balaban J connectivity index is 1.71. The van der Waals surface area contributed by atoms with Crippen molar-refractivity contribution in [3.05, 3.63) is 64.3 Å². The van der Waals surface area contributed by atoms with Gasteiger partial charge in [-0.25, -0.2) is 0 Å². The molecular formula is C23H19F6NO3. The van der Waals surface area contributed by atoms with Crippen LogP contribution in [0.1, 0.15) is 40.8 Å². The number of alkyl halides is 6. The molecule has 0 radical (unpaired) electrons. The quantitative estimate of drug-likeness (QED) is 0.450. The average Bonchev–Trinajstić information content (AvgIpc) is 3.10. The van der Waals surface area contributed by atoms with Crippen LogP contribution >= 0.6 is 0 Å². The van der Waals surface area contributed by atoms with Crippen LogP contribution in [-0.2, 0) is 43.1 Å². The molecule has 0 fully saturated rings. The first kappa shape index (κ1) is 23.0. The van der Waals surface area contributed by atoms with E-state index in [-0.39, 0.29) is 17.4 Å². The summed E-state index contributed by atoms with van der Waals surface area (Å²) in [6, 6.07) is 6.38. The second-order valence-electron chi connectivity index (χ2n) is 7.99. The highest BCUT2D eigenvalue weighted by Crippen LogP contribution is 2.37. The van der Waals surface area contributed by atoms with Crippen molar-refractivity contribution in [2.45, 2.75) is 51.2 Å². The summed E-state index contributed by atoms with van der Waals surface area (Å²) in [7, 11) is 0. The number of nitrogens with zero attached hydrogens (tertiary/aromatic N) is 1. The maximum atomic E-state index is 13.1. The minimum Gasteiger partial charge on any atom is -0.489 e. The van der Waals surface area contributed by atoms with E-state index in [0.29, 0.717) is 23.1 Å². The molecule has 176 valence electrons. The number of carbonyl (C=O) groups is 1. The summed E-state index contributed by atoms with van der Waals surface area (Å²) in [6.45, 7) is 0.203. The van der Waals surface area contributed by atoms with E-state index in [2.05, 4.69) is 4.57 Å². The Hall–Kier alpha value is -3.17. The highest BCUT2D eigenvalue weighted by Gasteiger charge is 2.37. The van der Waals surface area contributed by atoms with Gasteiger partial charge in [0.25, 0.3) is 0 Å². The maximum absolute atomic E-state index is 13.1. The molecule has 0 saturated heterocycles. The fraction of sp³-hybridized carbons (Fsp3) is 0.348. The van der Waals surface area contributed by atoms with Gasteiger partial charge >= 0.3 is 18.3 Å². The van der Waals surface area contributed by atoms with E-state index in [0.717, 1.165) is 37.0 Å². The molecule has 33 heavy (non-hydrogen) atoms. The van der Waals surface area contributed by atoms with Gasteiger partial charge in [-0.2, -0.15) is 26.3 Å². The molecule has 0 bridgehead atoms. The number of hydrogen-bond donors (Lipinski definition) is 1. The molecule has 0 aliphatic carbocycles. The Bertz CT molecular complexity index is 1180. The summed E-state index contributed by atoms with van der Waals surface area (Å²) in [4.78, 5) is 11.5.